The van der Waals surface area contributed by atoms with Gasteiger partial charge >= 0.3 is 0 Å². The van der Waals surface area contributed by atoms with Gasteiger partial charge in [-0.1, -0.05) is 86.4 Å². The molecule has 0 aliphatic rings. The maximum absolute atomic E-state index is 3.49. The van der Waals surface area contributed by atoms with Crippen molar-refractivity contribution >= 4 is 24.7 Å². The van der Waals surface area contributed by atoms with E-state index in [1.54, 1.807) is 0 Å². The van der Waals surface area contributed by atoms with Crippen molar-refractivity contribution in [3.63, 3.8) is 0 Å². The maximum atomic E-state index is 3.49. The molecule has 0 amide bonds. The van der Waals surface area contributed by atoms with Crippen LogP contribution in [0.4, 0.5) is 0 Å². The summed E-state index contributed by atoms with van der Waals surface area (Å²) in [6.45, 7) is 9.77. The van der Waals surface area contributed by atoms with E-state index in [1.165, 1.54) is 43.2 Å². The molecule has 0 saturated heterocycles. The summed E-state index contributed by atoms with van der Waals surface area (Å²) >= 11 is 3.49. The molecule has 0 unspecified atom stereocenters. The molecule has 0 aliphatic heterocycles. The Labute approximate surface area is 129 Å². The molecule has 0 N–H and O–H groups in total. The first kappa shape index (κ1) is 17.0. The van der Waals surface area contributed by atoms with E-state index >= 15 is 0 Å². The minimum atomic E-state index is -0.162. The molecule has 1 rings (SSSR count). The lowest BCUT2D eigenvalue weighted by molar-refractivity contribution is 0.534. The summed E-state index contributed by atoms with van der Waals surface area (Å²) in [6, 6.07) is 9.02. The molecule has 0 aromatic heterocycles. The van der Waals surface area contributed by atoms with Crippen LogP contribution in [0.1, 0.15) is 50.7 Å². The van der Waals surface area contributed by atoms with Gasteiger partial charge in [0.15, 0.2) is 0 Å². The smallest absolute Gasteiger partial charge is 0.0473 e. The van der Waals surface area contributed by atoms with Gasteiger partial charge in [-0.2, -0.15) is 0 Å². The highest BCUT2D eigenvalue weighted by Gasteiger charge is 2.22. The second kappa shape index (κ2) is 8.26. The van der Waals surface area contributed by atoms with Gasteiger partial charge in [0.25, 0.3) is 0 Å². The summed E-state index contributed by atoms with van der Waals surface area (Å²) in [6.07, 6.45) is 6.73. The van der Waals surface area contributed by atoms with Gasteiger partial charge in [-0.3, -0.25) is 0 Å². The van der Waals surface area contributed by atoms with Crippen LogP contribution in [0.2, 0.25) is 18.1 Å². The number of hydrogen-bond donors (Lipinski definition) is 0. The molecule has 107 valence electrons. The van der Waals surface area contributed by atoms with E-state index in [0.29, 0.717) is 5.04 Å². The van der Waals surface area contributed by atoms with Crippen LogP contribution < -0.4 is 0 Å². The van der Waals surface area contributed by atoms with E-state index in [0.717, 1.165) is 5.33 Å². The van der Waals surface area contributed by atoms with Crippen molar-refractivity contribution in [2.45, 2.75) is 69.4 Å². The van der Waals surface area contributed by atoms with Gasteiger partial charge in [-0.15, -0.1) is 0 Å². The number of unbranched alkanes of at least 4 members (excludes halogenated alkanes) is 2. The van der Waals surface area contributed by atoms with Crippen molar-refractivity contribution in [1.29, 1.82) is 0 Å². The molecule has 0 nitrogen and oxygen atoms in total. The Morgan fingerprint density at radius 1 is 0.947 bits per heavy atom. The Hall–Kier alpha value is -0.0831. The summed E-state index contributed by atoms with van der Waals surface area (Å²) < 4.78 is 0. The Balaban J connectivity index is 2.20. The van der Waals surface area contributed by atoms with Crippen LogP contribution >= 0.6 is 15.9 Å². The first-order chi connectivity index (χ1) is 8.95. The van der Waals surface area contributed by atoms with Crippen LogP contribution in [0.15, 0.2) is 24.3 Å². The van der Waals surface area contributed by atoms with Gasteiger partial charge in [0.1, 0.15) is 0 Å². The third-order valence-electron chi connectivity index (χ3n) is 4.30. The minimum Gasteiger partial charge on any atom is -0.0876 e. The minimum absolute atomic E-state index is 0.162. The van der Waals surface area contributed by atoms with Crippen LogP contribution in [-0.4, -0.2) is 8.80 Å². The van der Waals surface area contributed by atoms with Crippen molar-refractivity contribution in [3.05, 3.63) is 35.4 Å². The molecular weight excluding hydrogens is 312 g/mol. The van der Waals surface area contributed by atoms with E-state index in [1.807, 2.05) is 0 Å². The molecule has 0 atom stereocenters. The van der Waals surface area contributed by atoms with Gasteiger partial charge in [-0.25, -0.2) is 0 Å². The molecule has 0 bridgehead atoms. The lowest BCUT2D eigenvalue weighted by Crippen LogP contribution is -2.20. The summed E-state index contributed by atoms with van der Waals surface area (Å²) in [5.41, 5.74) is 2.85. The fraction of sp³-hybridized carbons (Fsp3) is 0.647. The molecule has 0 spiro atoms. The SMILES string of the molecule is C[Si](C)C(C)(C)CCCCCc1ccc(CBr)cc1. The average molecular weight is 340 g/mol. The summed E-state index contributed by atoms with van der Waals surface area (Å²) in [5, 5.41) is 1.56. The fourth-order valence-electron chi connectivity index (χ4n) is 2.12. The lowest BCUT2D eigenvalue weighted by Gasteiger charge is -2.27. The van der Waals surface area contributed by atoms with Crippen LogP contribution in [0.3, 0.4) is 0 Å². The number of hydrogen-bond acceptors (Lipinski definition) is 0. The highest BCUT2D eigenvalue weighted by Crippen LogP contribution is 2.34. The Bertz CT molecular complexity index is 354. The van der Waals surface area contributed by atoms with Gasteiger partial charge in [0.05, 0.1) is 0 Å². The second-order valence-electron chi connectivity index (χ2n) is 6.39. The van der Waals surface area contributed by atoms with Crippen molar-refractivity contribution < 1.29 is 0 Å². The number of rotatable bonds is 8. The van der Waals surface area contributed by atoms with Gasteiger partial charge in [0, 0.05) is 14.1 Å². The summed E-state index contributed by atoms with van der Waals surface area (Å²) in [4.78, 5) is 0. The van der Waals surface area contributed by atoms with Gasteiger partial charge in [0.2, 0.25) is 0 Å². The average Bonchev–Trinajstić information content (AvgIpc) is 2.38. The molecule has 0 heterocycles. The standard InChI is InChI=1S/C17H28BrSi/c1-17(2,19(3)4)13-7-5-6-8-15-9-11-16(14-18)12-10-15/h9-12H,5-8,13-14H2,1-4H3. The molecule has 0 fully saturated rings. The maximum Gasteiger partial charge on any atom is 0.0473 e. The molecule has 2 heteroatoms. The Morgan fingerprint density at radius 2 is 1.53 bits per heavy atom. The zero-order valence-electron chi connectivity index (χ0n) is 12.9. The third-order valence-corrected chi connectivity index (χ3v) is 7.90. The number of aryl methyl sites for hydroxylation is 1. The highest BCUT2D eigenvalue weighted by atomic mass is 79.9. The molecule has 0 aliphatic carbocycles. The normalized spacial score (nSPS) is 12.1. The fourth-order valence-corrected chi connectivity index (χ4v) is 3.17. The molecule has 0 saturated carbocycles. The Kier molecular flexibility index (Phi) is 7.38. The molecule has 1 radical (unpaired) electrons. The topological polar surface area (TPSA) is 0 Å². The van der Waals surface area contributed by atoms with Gasteiger partial charge < -0.3 is 0 Å². The first-order valence-electron chi connectivity index (χ1n) is 7.40. The number of alkyl halides is 1. The van der Waals surface area contributed by atoms with E-state index in [9.17, 15) is 0 Å². The van der Waals surface area contributed by atoms with Crippen molar-refractivity contribution in [3.8, 4) is 0 Å². The quantitative estimate of drug-likeness (QED) is 0.299. The highest BCUT2D eigenvalue weighted by molar-refractivity contribution is 9.08. The van der Waals surface area contributed by atoms with Crippen LogP contribution in [0.25, 0.3) is 0 Å². The van der Waals surface area contributed by atoms with Gasteiger partial charge in [-0.05, 0) is 29.0 Å². The van der Waals surface area contributed by atoms with Crippen molar-refractivity contribution in [2.75, 3.05) is 0 Å². The molecule has 1 aromatic carbocycles. The predicted octanol–water partition coefficient (Wildman–Crippen LogP) is 6.22. The van der Waals surface area contributed by atoms with E-state index in [4.69, 9.17) is 0 Å². The van der Waals surface area contributed by atoms with E-state index in [2.05, 4.69) is 67.1 Å². The van der Waals surface area contributed by atoms with Crippen LogP contribution in [0, 0.1) is 0 Å². The zero-order chi connectivity index (χ0) is 14.3. The molecule has 1 aromatic rings. The largest absolute Gasteiger partial charge is 0.0876 e. The first-order valence-corrected chi connectivity index (χ1v) is 11.0. The van der Waals surface area contributed by atoms with Crippen molar-refractivity contribution in [2.24, 2.45) is 0 Å². The van der Waals surface area contributed by atoms with Crippen LogP contribution in [0.5, 0.6) is 0 Å². The predicted molar refractivity (Wildman–Crippen MR) is 92.8 cm³/mol. The Morgan fingerprint density at radius 3 is 2.05 bits per heavy atom. The summed E-state index contributed by atoms with van der Waals surface area (Å²) in [5.74, 6) is 0. The summed E-state index contributed by atoms with van der Waals surface area (Å²) in [7, 11) is -0.162. The van der Waals surface area contributed by atoms with E-state index < -0.39 is 0 Å². The van der Waals surface area contributed by atoms with Crippen LogP contribution in [-0.2, 0) is 11.8 Å². The zero-order valence-corrected chi connectivity index (χ0v) is 15.5. The number of benzene rings is 1. The monoisotopic (exact) mass is 339 g/mol. The van der Waals surface area contributed by atoms with Crippen molar-refractivity contribution in [1.82, 2.24) is 0 Å². The third kappa shape index (κ3) is 6.27. The van der Waals surface area contributed by atoms with E-state index in [-0.39, 0.29) is 8.80 Å². The second-order valence-corrected chi connectivity index (χ2v) is 10.3. The molecular formula is C17H28BrSi. The number of halogens is 1. The molecule has 19 heavy (non-hydrogen) atoms. The lowest BCUT2D eigenvalue weighted by atomic mass is 10.0.